The number of ether oxygens (including phenoxy) is 2. The SMILES string of the molecule is FC(F)(F)Oc1ccc(OC(c2ccc3ccccc3c2)C2CNC2)cc1. The van der Waals surface area contributed by atoms with Gasteiger partial charge in [0, 0.05) is 19.0 Å². The molecule has 0 amide bonds. The molecule has 1 fully saturated rings. The van der Waals surface area contributed by atoms with E-state index in [-0.39, 0.29) is 11.9 Å². The number of hydrogen-bond acceptors (Lipinski definition) is 3. The summed E-state index contributed by atoms with van der Waals surface area (Å²) in [6.45, 7) is 1.68. The molecule has 1 N–H and O–H groups in total. The summed E-state index contributed by atoms with van der Waals surface area (Å²) in [5.41, 5.74) is 1.05. The topological polar surface area (TPSA) is 30.5 Å². The minimum absolute atomic E-state index is 0.176. The smallest absolute Gasteiger partial charge is 0.485 e. The normalized spacial score (nSPS) is 16.0. The monoisotopic (exact) mass is 373 g/mol. The molecular formula is C21H18F3NO2. The largest absolute Gasteiger partial charge is 0.573 e. The number of benzene rings is 3. The van der Waals surface area contributed by atoms with Crippen LogP contribution in [-0.4, -0.2) is 19.5 Å². The number of halogens is 3. The lowest BCUT2D eigenvalue weighted by Crippen LogP contribution is -2.46. The fourth-order valence-corrected chi connectivity index (χ4v) is 3.21. The molecule has 3 nitrogen and oxygen atoms in total. The second-order valence-electron chi connectivity index (χ2n) is 6.58. The molecule has 0 saturated carbocycles. The zero-order chi connectivity index (χ0) is 18.9. The Morgan fingerprint density at radius 2 is 1.52 bits per heavy atom. The van der Waals surface area contributed by atoms with Gasteiger partial charge in [-0.2, -0.15) is 0 Å². The highest BCUT2D eigenvalue weighted by molar-refractivity contribution is 5.83. The zero-order valence-electron chi connectivity index (χ0n) is 14.4. The quantitative estimate of drug-likeness (QED) is 0.677. The molecule has 3 aromatic carbocycles. The molecule has 0 aliphatic carbocycles. The first kappa shape index (κ1) is 17.7. The van der Waals surface area contributed by atoms with Crippen LogP contribution in [0.3, 0.4) is 0 Å². The van der Waals surface area contributed by atoms with E-state index in [4.69, 9.17) is 4.74 Å². The van der Waals surface area contributed by atoms with Crippen molar-refractivity contribution >= 4 is 10.8 Å². The number of fused-ring (bicyclic) bond motifs is 1. The fourth-order valence-electron chi connectivity index (χ4n) is 3.21. The summed E-state index contributed by atoms with van der Waals surface area (Å²) in [6, 6.07) is 19.8. The van der Waals surface area contributed by atoms with Crippen molar-refractivity contribution in [1.29, 1.82) is 0 Å². The van der Waals surface area contributed by atoms with Crippen molar-refractivity contribution in [3.8, 4) is 11.5 Å². The lowest BCUT2D eigenvalue weighted by atomic mass is 9.89. The highest BCUT2D eigenvalue weighted by atomic mass is 19.4. The van der Waals surface area contributed by atoms with Crippen LogP contribution in [0.1, 0.15) is 11.7 Å². The first-order valence-electron chi connectivity index (χ1n) is 8.70. The lowest BCUT2D eigenvalue weighted by Gasteiger charge is -2.35. The van der Waals surface area contributed by atoms with Crippen LogP contribution in [0.2, 0.25) is 0 Å². The van der Waals surface area contributed by atoms with E-state index in [1.54, 1.807) is 0 Å². The van der Waals surface area contributed by atoms with Gasteiger partial charge in [0.15, 0.2) is 0 Å². The predicted octanol–water partition coefficient (Wildman–Crippen LogP) is 5.08. The van der Waals surface area contributed by atoms with Gasteiger partial charge in [-0.1, -0.05) is 36.4 Å². The maximum absolute atomic E-state index is 12.3. The zero-order valence-corrected chi connectivity index (χ0v) is 14.4. The second-order valence-corrected chi connectivity index (χ2v) is 6.58. The Labute approximate surface area is 154 Å². The van der Waals surface area contributed by atoms with Crippen LogP contribution < -0.4 is 14.8 Å². The van der Waals surface area contributed by atoms with Crippen LogP contribution in [0.4, 0.5) is 13.2 Å². The fraction of sp³-hybridized carbons (Fsp3) is 0.238. The Morgan fingerprint density at radius 3 is 2.15 bits per heavy atom. The van der Waals surface area contributed by atoms with Crippen LogP contribution >= 0.6 is 0 Å². The molecule has 1 atom stereocenters. The third-order valence-electron chi connectivity index (χ3n) is 4.66. The van der Waals surface area contributed by atoms with Crippen LogP contribution in [0.15, 0.2) is 66.7 Å². The Bertz CT molecular complexity index is 921. The van der Waals surface area contributed by atoms with Crippen molar-refractivity contribution in [2.24, 2.45) is 5.92 Å². The summed E-state index contributed by atoms with van der Waals surface area (Å²) in [5.74, 6) is 0.550. The highest BCUT2D eigenvalue weighted by Crippen LogP contribution is 2.33. The van der Waals surface area contributed by atoms with Crippen molar-refractivity contribution in [2.45, 2.75) is 12.5 Å². The van der Waals surface area contributed by atoms with Crippen molar-refractivity contribution in [1.82, 2.24) is 5.32 Å². The third-order valence-corrected chi connectivity index (χ3v) is 4.66. The number of alkyl halides is 3. The average molecular weight is 373 g/mol. The summed E-state index contributed by atoms with van der Waals surface area (Å²) in [6.07, 6.45) is -4.88. The Morgan fingerprint density at radius 1 is 0.852 bits per heavy atom. The van der Waals surface area contributed by atoms with Gasteiger partial charge in [0.1, 0.15) is 17.6 Å². The van der Waals surface area contributed by atoms with Gasteiger partial charge in [-0.05, 0) is 46.7 Å². The lowest BCUT2D eigenvalue weighted by molar-refractivity contribution is -0.274. The van der Waals surface area contributed by atoms with Gasteiger partial charge in [0.05, 0.1) is 0 Å². The van der Waals surface area contributed by atoms with Crippen LogP contribution in [-0.2, 0) is 0 Å². The second kappa shape index (κ2) is 7.12. The maximum Gasteiger partial charge on any atom is 0.573 e. The summed E-state index contributed by atoms with van der Waals surface area (Å²) in [5, 5.41) is 5.53. The van der Waals surface area contributed by atoms with E-state index in [1.165, 1.54) is 24.3 Å². The summed E-state index contributed by atoms with van der Waals surface area (Å²) in [7, 11) is 0. The van der Waals surface area contributed by atoms with E-state index in [9.17, 15) is 13.2 Å². The molecule has 4 rings (SSSR count). The van der Waals surface area contributed by atoms with Crippen molar-refractivity contribution in [3.05, 3.63) is 72.3 Å². The van der Waals surface area contributed by atoms with Crippen molar-refractivity contribution in [2.75, 3.05) is 13.1 Å². The molecule has 1 unspecified atom stereocenters. The predicted molar refractivity (Wildman–Crippen MR) is 96.8 cm³/mol. The van der Waals surface area contributed by atoms with E-state index in [0.717, 1.165) is 29.4 Å². The van der Waals surface area contributed by atoms with Gasteiger partial charge in [-0.25, -0.2) is 0 Å². The van der Waals surface area contributed by atoms with Gasteiger partial charge in [0.2, 0.25) is 0 Å². The van der Waals surface area contributed by atoms with E-state index < -0.39 is 6.36 Å². The van der Waals surface area contributed by atoms with Crippen molar-refractivity contribution < 1.29 is 22.6 Å². The molecule has 0 spiro atoms. The van der Waals surface area contributed by atoms with Crippen molar-refractivity contribution in [3.63, 3.8) is 0 Å². The van der Waals surface area contributed by atoms with Gasteiger partial charge in [0.25, 0.3) is 0 Å². The number of nitrogens with one attached hydrogen (secondary N) is 1. The highest BCUT2D eigenvalue weighted by Gasteiger charge is 2.32. The number of hydrogen-bond donors (Lipinski definition) is 1. The Kier molecular flexibility index (Phi) is 4.66. The molecule has 0 bridgehead atoms. The van der Waals surface area contributed by atoms with Gasteiger partial charge in [-0.3, -0.25) is 0 Å². The van der Waals surface area contributed by atoms with Gasteiger partial charge in [-0.15, -0.1) is 13.2 Å². The maximum atomic E-state index is 12.3. The van der Waals surface area contributed by atoms with E-state index >= 15 is 0 Å². The Hall–Kier alpha value is -2.73. The van der Waals surface area contributed by atoms with Gasteiger partial charge >= 0.3 is 6.36 Å². The Balaban J connectivity index is 1.57. The average Bonchev–Trinajstić information content (AvgIpc) is 2.59. The molecule has 1 saturated heterocycles. The molecule has 140 valence electrons. The molecule has 1 aliphatic heterocycles. The summed E-state index contributed by atoms with van der Waals surface area (Å²) in [4.78, 5) is 0. The third kappa shape index (κ3) is 4.17. The van der Waals surface area contributed by atoms with E-state index in [1.807, 2.05) is 18.2 Å². The van der Waals surface area contributed by atoms with Crippen LogP contribution in [0, 0.1) is 5.92 Å². The standard InChI is InChI=1S/C21H18F3NO2/c22-21(23,24)27-19-9-7-18(8-10-19)26-20(17-12-25-13-17)16-6-5-14-3-1-2-4-15(14)11-16/h1-11,17,20,25H,12-13H2. The first-order chi connectivity index (χ1) is 13.0. The molecule has 1 aliphatic rings. The van der Waals surface area contributed by atoms with Gasteiger partial charge < -0.3 is 14.8 Å². The summed E-state index contributed by atoms with van der Waals surface area (Å²) >= 11 is 0. The van der Waals surface area contributed by atoms with Crippen LogP contribution in [0.25, 0.3) is 10.8 Å². The first-order valence-corrected chi connectivity index (χ1v) is 8.70. The molecule has 0 radical (unpaired) electrons. The molecule has 27 heavy (non-hydrogen) atoms. The number of rotatable bonds is 5. The molecule has 0 aromatic heterocycles. The van der Waals surface area contributed by atoms with Crippen LogP contribution in [0.5, 0.6) is 11.5 Å². The van der Waals surface area contributed by atoms with E-state index in [0.29, 0.717) is 11.7 Å². The summed E-state index contributed by atoms with van der Waals surface area (Å²) < 4.78 is 47.0. The molecule has 6 heteroatoms. The minimum Gasteiger partial charge on any atom is -0.485 e. The minimum atomic E-state index is -4.70. The molecular weight excluding hydrogens is 355 g/mol. The molecule has 1 heterocycles. The molecule has 3 aromatic rings. The van der Waals surface area contributed by atoms with E-state index in [2.05, 4.69) is 34.3 Å².